The van der Waals surface area contributed by atoms with Crippen LogP contribution in [0.2, 0.25) is 10.0 Å². The SMILES string of the molecule is CCOC(=O)c1ccc(N2C(=O)C[C@H](NC3CCN(c4ncc(Cl)cc4Cl)CC3)C2=O)cc1. The summed E-state index contributed by atoms with van der Waals surface area (Å²) >= 11 is 12.2. The Morgan fingerprint density at radius 3 is 2.52 bits per heavy atom. The van der Waals surface area contributed by atoms with E-state index in [0.717, 1.165) is 25.9 Å². The van der Waals surface area contributed by atoms with E-state index in [4.69, 9.17) is 27.9 Å². The van der Waals surface area contributed by atoms with Crippen molar-refractivity contribution in [2.24, 2.45) is 0 Å². The number of hydrogen-bond donors (Lipinski definition) is 1. The van der Waals surface area contributed by atoms with E-state index >= 15 is 0 Å². The van der Waals surface area contributed by atoms with Gasteiger partial charge in [-0.15, -0.1) is 0 Å². The Bertz CT molecular complexity index is 1050. The van der Waals surface area contributed by atoms with Crippen LogP contribution in [-0.2, 0) is 14.3 Å². The van der Waals surface area contributed by atoms with Gasteiger partial charge in [-0.2, -0.15) is 0 Å². The number of piperidine rings is 1. The minimum atomic E-state index is -0.573. The zero-order valence-corrected chi connectivity index (χ0v) is 19.6. The van der Waals surface area contributed by atoms with Crippen LogP contribution in [0.1, 0.15) is 36.5 Å². The second kappa shape index (κ2) is 10.1. The van der Waals surface area contributed by atoms with E-state index < -0.39 is 12.0 Å². The van der Waals surface area contributed by atoms with Crippen LogP contribution in [0.15, 0.2) is 36.5 Å². The van der Waals surface area contributed by atoms with Gasteiger partial charge in [0.15, 0.2) is 0 Å². The van der Waals surface area contributed by atoms with Gasteiger partial charge in [0.05, 0.1) is 40.4 Å². The molecule has 2 amide bonds. The number of hydrogen-bond acceptors (Lipinski definition) is 7. The van der Waals surface area contributed by atoms with Gasteiger partial charge in [-0.3, -0.25) is 9.59 Å². The number of imide groups is 1. The number of nitrogens with zero attached hydrogens (tertiary/aromatic N) is 3. The van der Waals surface area contributed by atoms with Crippen molar-refractivity contribution in [1.82, 2.24) is 10.3 Å². The molecule has 174 valence electrons. The minimum absolute atomic E-state index is 0.0974. The van der Waals surface area contributed by atoms with E-state index in [1.165, 1.54) is 4.90 Å². The Morgan fingerprint density at radius 1 is 1.18 bits per heavy atom. The van der Waals surface area contributed by atoms with Gasteiger partial charge >= 0.3 is 5.97 Å². The molecule has 3 heterocycles. The fourth-order valence-electron chi connectivity index (χ4n) is 4.18. The van der Waals surface area contributed by atoms with Gasteiger partial charge in [0.25, 0.3) is 5.91 Å². The lowest BCUT2D eigenvalue weighted by Crippen LogP contribution is -2.49. The first-order valence-electron chi connectivity index (χ1n) is 10.8. The number of nitrogens with one attached hydrogen (secondary N) is 1. The molecular weight excluding hydrogens is 467 g/mol. The number of amides is 2. The maximum absolute atomic E-state index is 13.0. The van der Waals surface area contributed by atoms with Crippen molar-refractivity contribution in [3.05, 3.63) is 52.1 Å². The van der Waals surface area contributed by atoms with Crippen LogP contribution >= 0.6 is 23.2 Å². The molecule has 1 atom stereocenters. The van der Waals surface area contributed by atoms with E-state index in [2.05, 4.69) is 15.2 Å². The highest BCUT2D eigenvalue weighted by Gasteiger charge is 2.40. The molecule has 10 heteroatoms. The lowest BCUT2D eigenvalue weighted by molar-refractivity contribution is -0.121. The smallest absolute Gasteiger partial charge is 0.338 e. The average Bonchev–Trinajstić information content (AvgIpc) is 3.07. The summed E-state index contributed by atoms with van der Waals surface area (Å²) in [4.78, 5) is 45.0. The first-order valence-corrected chi connectivity index (χ1v) is 11.6. The summed E-state index contributed by atoms with van der Waals surface area (Å²) in [6, 6.07) is 7.49. The van der Waals surface area contributed by atoms with Crippen LogP contribution in [0, 0.1) is 0 Å². The standard InChI is InChI=1S/C23H24Cl2N4O4/c1-2-33-23(32)14-3-5-17(6-4-14)29-20(30)12-19(22(29)31)27-16-7-9-28(10-8-16)21-18(25)11-15(24)13-26-21/h3-6,11,13,16,19,27H,2,7-10,12H2,1H3/t19-/m0/s1. The molecule has 2 aliphatic heterocycles. The Labute approximate surface area is 201 Å². The number of carbonyl (C=O) groups is 3. The number of benzene rings is 1. The van der Waals surface area contributed by atoms with Crippen LogP contribution in [-0.4, -0.2) is 54.5 Å². The molecule has 2 fully saturated rings. The highest BCUT2D eigenvalue weighted by Crippen LogP contribution is 2.29. The van der Waals surface area contributed by atoms with Gasteiger partial charge in [-0.05, 0) is 50.1 Å². The summed E-state index contributed by atoms with van der Waals surface area (Å²) in [5.41, 5.74) is 0.817. The molecule has 2 aromatic rings. The van der Waals surface area contributed by atoms with Crippen LogP contribution in [0.4, 0.5) is 11.5 Å². The lowest BCUT2D eigenvalue weighted by Gasteiger charge is -2.34. The van der Waals surface area contributed by atoms with E-state index in [1.807, 2.05) is 0 Å². The largest absolute Gasteiger partial charge is 0.462 e. The topological polar surface area (TPSA) is 91.8 Å². The first-order chi connectivity index (χ1) is 15.9. The number of esters is 1. The Kier molecular flexibility index (Phi) is 7.17. The molecule has 8 nitrogen and oxygen atoms in total. The van der Waals surface area contributed by atoms with Crippen molar-refractivity contribution in [3.8, 4) is 0 Å². The number of ether oxygens (including phenoxy) is 1. The fraction of sp³-hybridized carbons (Fsp3) is 0.391. The number of rotatable bonds is 6. The van der Waals surface area contributed by atoms with E-state index in [1.54, 1.807) is 43.5 Å². The van der Waals surface area contributed by atoms with Crippen molar-refractivity contribution in [2.45, 2.75) is 38.3 Å². The number of pyridine rings is 1. The van der Waals surface area contributed by atoms with Crippen molar-refractivity contribution in [1.29, 1.82) is 0 Å². The van der Waals surface area contributed by atoms with Crippen molar-refractivity contribution < 1.29 is 19.1 Å². The molecule has 0 spiro atoms. The fourth-order valence-corrected chi connectivity index (χ4v) is 4.68. The predicted octanol–water partition coefficient (Wildman–Crippen LogP) is 3.46. The van der Waals surface area contributed by atoms with E-state index in [9.17, 15) is 14.4 Å². The summed E-state index contributed by atoms with van der Waals surface area (Å²) in [5, 5.41) is 4.35. The molecule has 33 heavy (non-hydrogen) atoms. The van der Waals surface area contributed by atoms with Crippen molar-refractivity contribution >= 4 is 52.5 Å². The second-order valence-electron chi connectivity index (χ2n) is 7.98. The third-order valence-corrected chi connectivity index (χ3v) is 6.29. The van der Waals surface area contributed by atoms with Crippen LogP contribution in [0.25, 0.3) is 0 Å². The highest BCUT2D eigenvalue weighted by molar-refractivity contribution is 6.36. The zero-order chi connectivity index (χ0) is 23.5. The summed E-state index contributed by atoms with van der Waals surface area (Å²) in [6.45, 7) is 3.45. The molecule has 2 saturated heterocycles. The van der Waals surface area contributed by atoms with Crippen molar-refractivity contribution in [3.63, 3.8) is 0 Å². The number of halogens is 2. The minimum Gasteiger partial charge on any atom is -0.462 e. The number of aromatic nitrogens is 1. The summed E-state index contributed by atoms with van der Waals surface area (Å²) < 4.78 is 4.97. The maximum Gasteiger partial charge on any atom is 0.338 e. The average molecular weight is 491 g/mol. The molecule has 1 aromatic carbocycles. The molecule has 0 saturated carbocycles. The summed E-state index contributed by atoms with van der Waals surface area (Å²) in [7, 11) is 0. The lowest BCUT2D eigenvalue weighted by atomic mass is 10.0. The quantitative estimate of drug-likeness (QED) is 0.489. The Balaban J connectivity index is 1.35. The molecule has 0 radical (unpaired) electrons. The number of carbonyl (C=O) groups excluding carboxylic acids is 3. The van der Waals surface area contributed by atoms with Gasteiger partial charge in [0.1, 0.15) is 5.82 Å². The number of anilines is 2. The Hall–Kier alpha value is -2.68. The predicted molar refractivity (Wildman–Crippen MR) is 126 cm³/mol. The van der Waals surface area contributed by atoms with Gasteiger partial charge in [-0.25, -0.2) is 14.7 Å². The molecule has 0 unspecified atom stereocenters. The Morgan fingerprint density at radius 2 is 1.88 bits per heavy atom. The van der Waals surface area contributed by atoms with Crippen LogP contribution in [0.5, 0.6) is 0 Å². The molecular formula is C23H24Cl2N4O4. The molecule has 0 bridgehead atoms. The van der Waals surface area contributed by atoms with Crippen molar-refractivity contribution in [2.75, 3.05) is 29.5 Å². The highest BCUT2D eigenvalue weighted by atomic mass is 35.5. The zero-order valence-electron chi connectivity index (χ0n) is 18.1. The molecule has 2 aliphatic rings. The second-order valence-corrected chi connectivity index (χ2v) is 8.82. The third kappa shape index (κ3) is 5.13. The van der Waals surface area contributed by atoms with Gasteiger partial charge in [-0.1, -0.05) is 23.2 Å². The van der Waals surface area contributed by atoms with Gasteiger partial charge in [0, 0.05) is 25.3 Å². The normalized spacial score (nSPS) is 19.3. The van der Waals surface area contributed by atoms with Gasteiger partial charge in [0.2, 0.25) is 5.91 Å². The first kappa shape index (κ1) is 23.5. The summed E-state index contributed by atoms with van der Waals surface area (Å²) in [5.74, 6) is -0.294. The van der Waals surface area contributed by atoms with Crippen LogP contribution < -0.4 is 15.1 Å². The third-order valence-electron chi connectivity index (χ3n) is 5.80. The summed E-state index contributed by atoms with van der Waals surface area (Å²) in [6.07, 6.45) is 3.24. The molecule has 0 aliphatic carbocycles. The van der Waals surface area contributed by atoms with Gasteiger partial charge < -0.3 is 15.0 Å². The van der Waals surface area contributed by atoms with E-state index in [0.29, 0.717) is 27.1 Å². The molecule has 1 aromatic heterocycles. The monoisotopic (exact) mass is 490 g/mol. The molecule has 4 rings (SSSR count). The van der Waals surface area contributed by atoms with E-state index in [-0.39, 0.29) is 30.9 Å². The molecule has 1 N–H and O–H groups in total. The maximum atomic E-state index is 13.0. The van der Waals surface area contributed by atoms with Crippen LogP contribution in [0.3, 0.4) is 0 Å².